The quantitative estimate of drug-likeness (QED) is 0.775. The fourth-order valence-corrected chi connectivity index (χ4v) is 2.96. The second kappa shape index (κ2) is 6.80. The SMILES string of the molecule is COc1ccc(C(=O)NCC2(CN)CCCCC2)cc1O. The molecule has 0 aromatic heterocycles. The molecule has 0 bridgehead atoms. The van der Waals surface area contributed by atoms with Crippen molar-refractivity contribution < 1.29 is 14.6 Å². The van der Waals surface area contributed by atoms with Crippen LogP contribution in [0.3, 0.4) is 0 Å². The number of amides is 1. The average Bonchev–Trinajstić information content (AvgIpc) is 2.53. The molecular weight excluding hydrogens is 268 g/mol. The molecule has 0 unspecified atom stereocenters. The van der Waals surface area contributed by atoms with E-state index in [-0.39, 0.29) is 17.1 Å². The first kappa shape index (κ1) is 15.6. The maximum Gasteiger partial charge on any atom is 0.251 e. The van der Waals surface area contributed by atoms with E-state index in [4.69, 9.17) is 10.5 Å². The third kappa shape index (κ3) is 3.67. The number of phenolic OH excluding ortho intramolecular Hbond substituents is 1. The fraction of sp³-hybridized carbons (Fsp3) is 0.562. The molecule has 0 heterocycles. The molecule has 1 amide bonds. The lowest BCUT2D eigenvalue weighted by atomic mass is 9.74. The van der Waals surface area contributed by atoms with Crippen molar-refractivity contribution in [3.63, 3.8) is 0 Å². The third-order valence-corrected chi connectivity index (χ3v) is 4.41. The van der Waals surface area contributed by atoms with E-state index in [1.54, 1.807) is 12.1 Å². The minimum absolute atomic E-state index is 0.0302. The van der Waals surface area contributed by atoms with Gasteiger partial charge in [0.05, 0.1) is 7.11 Å². The summed E-state index contributed by atoms with van der Waals surface area (Å²) in [5.74, 6) is 0.139. The molecule has 0 spiro atoms. The van der Waals surface area contributed by atoms with Crippen LogP contribution in [-0.4, -0.2) is 31.2 Å². The van der Waals surface area contributed by atoms with Gasteiger partial charge in [-0.3, -0.25) is 4.79 Å². The van der Waals surface area contributed by atoms with Crippen LogP contribution in [0.1, 0.15) is 42.5 Å². The molecule has 1 saturated carbocycles. The zero-order valence-corrected chi connectivity index (χ0v) is 12.5. The Morgan fingerprint density at radius 3 is 2.67 bits per heavy atom. The highest BCUT2D eigenvalue weighted by atomic mass is 16.5. The van der Waals surface area contributed by atoms with E-state index in [0.29, 0.717) is 24.4 Å². The zero-order valence-electron chi connectivity index (χ0n) is 12.5. The van der Waals surface area contributed by atoms with Crippen LogP contribution in [0.25, 0.3) is 0 Å². The van der Waals surface area contributed by atoms with Crippen LogP contribution in [0.15, 0.2) is 18.2 Å². The monoisotopic (exact) mass is 292 g/mol. The highest BCUT2D eigenvalue weighted by Gasteiger charge is 2.31. The Morgan fingerprint density at radius 1 is 1.38 bits per heavy atom. The number of carbonyl (C=O) groups excluding carboxylic acids is 1. The van der Waals surface area contributed by atoms with E-state index in [2.05, 4.69) is 5.32 Å². The number of benzene rings is 1. The largest absolute Gasteiger partial charge is 0.504 e. The van der Waals surface area contributed by atoms with Crippen molar-refractivity contribution in [1.82, 2.24) is 5.32 Å². The Kier molecular flexibility index (Phi) is 5.07. The van der Waals surface area contributed by atoms with Gasteiger partial charge in [0.1, 0.15) is 0 Å². The second-order valence-corrected chi connectivity index (χ2v) is 5.83. The number of ether oxygens (including phenoxy) is 1. The molecule has 0 saturated heterocycles. The summed E-state index contributed by atoms with van der Waals surface area (Å²) in [6, 6.07) is 4.65. The van der Waals surface area contributed by atoms with Crippen LogP contribution in [0.5, 0.6) is 11.5 Å². The van der Waals surface area contributed by atoms with E-state index in [1.165, 1.54) is 32.4 Å². The van der Waals surface area contributed by atoms with Gasteiger partial charge in [-0.15, -0.1) is 0 Å². The first-order chi connectivity index (χ1) is 10.1. The van der Waals surface area contributed by atoms with Gasteiger partial charge in [0.25, 0.3) is 5.91 Å². The number of phenols is 1. The molecule has 116 valence electrons. The van der Waals surface area contributed by atoms with E-state index >= 15 is 0 Å². The van der Waals surface area contributed by atoms with Crippen molar-refractivity contribution in [3.8, 4) is 11.5 Å². The second-order valence-electron chi connectivity index (χ2n) is 5.83. The Labute approximate surface area is 125 Å². The molecule has 2 rings (SSSR count). The van der Waals surface area contributed by atoms with Crippen molar-refractivity contribution in [2.24, 2.45) is 11.1 Å². The van der Waals surface area contributed by atoms with Gasteiger partial charge in [-0.2, -0.15) is 0 Å². The summed E-state index contributed by atoms with van der Waals surface area (Å²) in [6.45, 7) is 1.19. The molecule has 4 N–H and O–H groups in total. The standard InChI is InChI=1S/C16H24N2O3/c1-21-14-6-5-12(9-13(14)19)15(20)18-11-16(10-17)7-3-2-4-8-16/h5-6,9,19H,2-4,7-8,10-11,17H2,1H3,(H,18,20). The summed E-state index contributed by atoms with van der Waals surface area (Å²) in [4.78, 5) is 12.2. The summed E-state index contributed by atoms with van der Waals surface area (Å²) >= 11 is 0. The number of hydrogen-bond acceptors (Lipinski definition) is 4. The number of methoxy groups -OCH3 is 1. The first-order valence-corrected chi connectivity index (χ1v) is 7.45. The number of rotatable bonds is 5. The Hall–Kier alpha value is -1.75. The molecule has 1 fully saturated rings. The predicted molar refractivity (Wildman–Crippen MR) is 81.6 cm³/mol. The summed E-state index contributed by atoms with van der Waals surface area (Å²) in [7, 11) is 1.48. The normalized spacial score (nSPS) is 17.2. The van der Waals surface area contributed by atoms with Gasteiger partial charge >= 0.3 is 0 Å². The van der Waals surface area contributed by atoms with Crippen molar-refractivity contribution in [3.05, 3.63) is 23.8 Å². The Balaban J connectivity index is 1.99. The lowest BCUT2D eigenvalue weighted by Gasteiger charge is -2.36. The van der Waals surface area contributed by atoms with Crippen LogP contribution in [0.4, 0.5) is 0 Å². The molecule has 0 aliphatic heterocycles. The minimum atomic E-state index is -0.189. The molecule has 1 aromatic rings. The molecule has 0 radical (unpaired) electrons. The predicted octanol–water partition coefficient (Wildman–Crippen LogP) is 2.04. The lowest BCUT2D eigenvalue weighted by molar-refractivity contribution is 0.0913. The number of hydrogen-bond donors (Lipinski definition) is 3. The molecule has 1 aromatic carbocycles. The summed E-state index contributed by atoms with van der Waals surface area (Å²) in [5.41, 5.74) is 6.37. The van der Waals surface area contributed by atoms with Crippen LogP contribution >= 0.6 is 0 Å². The summed E-state index contributed by atoms with van der Waals surface area (Å²) in [6.07, 6.45) is 5.74. The van der Waals surface area contributed by atoms with Gasteiger partial charge < -0.3 is 20.9 Å². The number of aromatic hydroxyl groups is 1. The average molecular weight is 292 g/mol. The number of nitrogens with two attached hydrogens (primary N) is 1. The van der Waals surface area contributed by atoms with E-state index in [0.717, 1.165) is 12.8 Å². The number of nitrogens with one attached hydrogen (secondary N) is 1. The van der Waals surface area contributed by atoms with Gasteiger partial charge in [0.2, 0.25) is 0 Å². The smallest absolute Gasteiger partial charge is 0.251 e. The molecular formula is C16H24N2O3. The zero-order chi connectivity index (χ0) is 15.3. The molecule has 21 heavy (non-hydrogen) atoms. The van der Waals surface area contributed by atoms with Crippen LogP contribution in [0.2, 0.25) is 0 Å². The minimum Gasteiger partial charge on any atom is -0.504 e. The third-order valence-electron chi connectivity index (χ3n) is 4.41. The Morgan fingerprint density at radius 2 is 2.10 bits per heavy atom. The van der Waals surface area contributed by atoms with Crippen LogP contribution in [0, 0.1) is 5.41 Å². The van der Waals surface area contributed by atoms with Crippen molar-refractivity contribution in [2.45, 2.75) is 32.1 Å². The molecule has 0 atom stereocenters. The maximum absolute atomic E-state index is 12.2. The highest BCUT2D eigenvalue weighted by molar-refractivity contribution is 5.94. The van der Waals surface area contributed by atoms with Gasteiger partial charge in [-0.1, -0.05) is 19.3 Å². The fourth-order valence-electron chi connectivity index (χ4n) is 2.96. The molecule has 1 aliphatic rings. The van der Waals surface area contributed by atoms with Gasteiger partial charge in [-0.25, -0.2) is 0 Å². The number of carbonyl (C=O) groups is 1. The molecule has 1 aliphatic carbocycles. The van der Waals surface area contributed by atoms with Crippen LogP contribution < -0.4 is 15.8 Å². The van der Waals surface area contributed by atoms with Crippen molar-refractivity contribution >= 4 is 5.91 Å². The Bertz CT molecular complexity index is 496. The molecule has 5 heteroatoms. The van der Waals surface area contributed by atoms with Gasteiger partial charge in [0, 0.05) is 12.1 Å². The maximum atomic E-state index is 12.2. The topological polar surface area (TPSA) is 84.6 Å². The van der Waals surface area contributed by atoms with E-state index in [1.807, 2.05) is 0 Å². The van der Waals surface area contributed by atoms with Crippen molar-refractivity contribution in [2.75, 3.05) is 20.2 Å². The van der Waals surface area contributed by atoms with Crippen molar-refractivity contribution in [1.29, 1.82) is 0 Å². The lowest BCUT2D eigenvalue weighted by Crippen LogP contribution is -2.43. The highest BCUT2D eigenvalue weighted by Crippen LogP contribution is 2.34. The first-order valence-electron chi connectivity index (χ1n) is 7.45. The molecule has 5 nitrogen and oxygen atoms in total. The van der Waals surface area contributed by atoms with E-state index in [9.17, 15) is 9.90 Å². The summed E-state index contributed by atoms with van der Waals surface area (Å²) in [5, 5.41) is 12.7. The van der Waals surface area contributed by atoms with Gasteiger partial charge in [-0.05, 0) is 43.0 Å². The van der Waals surface area contributed by atoms with Crippen LogP contribution in [-0.2, 0) is 0 Å². The summed E-state index contributed by atoms with van der Waals surface area (Å²) < 4.78 is 4.97. The van der Waals surface area contributed by atoms with E-state index < -0.39 is 0 Å². The van der Waals surface area contributed by atoms with Gasteiger partial charge in [0.15, 0.2) is 11.5 Å².